The number of halogens is 1. The molecular formula is C18H20ClN3O2. The van der Waals surface area contributed by atoms with Crippen molar-refractivity contribution < 1.29 is 9.59 Å². The van der Waals surface area contributed by atoms with Crippen molar-refractivity contribution in [3.05, 3.63) is 58.9 Å². The van der Waals surface area contributed by atoms with Gasteiger partial charge >= 0.3 is 0 Å². The lowest BCUT2D eigenvalue weighted by atomic mass is 9.90. The van der Waals surface area contributed by atoms with Gasteiger partial charge in [0.25, 0.3) is 0 Å². The quantitative estimate of drug-likeness (QED) is 0.816. The molecule has 0 aliphatic rings. The van der Waals surface area contributed by atoms with E-state index in [2.05, 4.69) is 15.6 Å². The van der Waals surface area contributed by atoms with Gasteiger partial charge in [-0.25, -0.2) is 0 Å². The number of hydrogen-bond acceptors (Lipinski definition) is 3. The van der Waals surface area contributed by atoms with Gasteiger partial charge in [0, 0.05) is 16.9 Å². The molecule has 0 radical (unpaired) electrons. The maximum Gasteiger partial charge on any atom is 0.239 e. The van der Waals surface area contributed by atoms with Gasteiger partial charge in [-0.15, -0.1) is 0 Å². The van der Waals surface area contributed by atoms with Crippen LogP contribution >= 0.6 is 11.6 Å². The third kappa shape index (κ3) is 4.11. The van der Waals surface area contributed by atoms with E-state index in [9.17, 15) is 9.59 Å². The fourth-order valence-electron chi connectivity index (χ4n) is 2.02. The molecule has 126 valence electrons. The first-order valence-corrected chi connectivity index (χ1v) is 7.95. The summed E-state index contributed by atoms with van der Waals surface area (Å²) < 4.78 is 0. The molecule has 24 heavy (non-hydrogen) atoms. The van der Waals surface area contributed by atoms with Gasteiger partial charge in [-0.2, -0.15) is 0 Å². The molecule has 5 nitrogen and oxygen atoms in total. The Kier molecular flexibility index (Phi) is 5.57. The molecule has 2 N–H and O–H groups in total. The van der Waals surface area contributed by atoms with Crippen LogP contribution in [-0.4, -0.2) is 16.8 Å². The van der Waals surface area contributed by atoms with Crippen LogP contribution in [0.15, 0.2) is 42.6 Å². The lowest BCUT2D eigenvalue weighted by molar-refractivity contribution is -0.138. The van der Waals surface area contributed by atoms with Crippen LogP contribution in [0.2, 0.25) is 5.02 Å². The fraction of sp³-hybridized carbons (Fsp3) is 0.278. The number of pyridine rings is 1. The predicted octanol–water partition coefficient (Wildman–Crippen LogP) is 3.32. The molecule has 1 aromatic carbocycles. The molecule has 0 aliphatic heterocycles. The number of benzene rings is 1. The van der Waals surface area contributed by atoms with E-state index in [1.54, 1.807) is 44.3 Å². The average Bonchev–Trinajstić information content (AvgIpc) is 2.57. The Labute approximate surface area is 146 Å². The van der Waals surface area contributed by atoms with E-state index in [0.717, 1.165) is 11.3 Å². The van der Waals surface area contributed by atoms with E-state index in [1.165, 1.54) is 0 Å². The molecule has 0 saturated heterocycles. The third-order valence-corrected chi connectivity index (χ3v) is 4.22. The third-order valence-electron chi connectivity index (χ3n) is 3.81. The number of hydrogen-bond donors (Lipinski definition) is 2. The van der Waals surface area contributed by atoms with Gasteiger partial charge in [0.1, 0.15) is 5.41 Å². The molecule has 0 bridgehead atoms. The Morgan fingerprint density at radius 2 is 1.88 bits per heavy atom. The molecule has 1 aromatic heterocycles. The topological polar surface area (TPSA) is 71.1 Å². The van der Waals surface area contributed by atoms with Gasteiger partial charge < -0.3 is 10.6 Å². The maximum atomic E-state index is 12.5. The van der Waals surface area contributed by atoms with E-state index < -0.39 is 11.3 Å². The van der Waals surface area contributed by atoms with Crippen LogP contribution in [0, 0.1) is 12.3 Å². The Morgan fingerprint density at radius 1 is 1.12 bits per heavy atom. The lowest BCUT2D eigenvalue weighted by Crippen LogP contribution is -2.45. The average molecular weight is 346 g/mol. The normalized spacial score (nSPS) is 11.0. The second kappa shape index (κ2) is 7.45. The van der Waals surface area contributed by atoms with Crippen molar-refractivity contribution in [1.82, 2.24) is 10.3 Å². The largest absolute Gasteiger partial charge is 0.350 e. The molecule has 0 atom stereocenters. The molecule has 2 amide bonds. The fourth-order valence-corrected chi connectivity index (χ4v) is 2.19. The van der Waals surface area contributed by atoms with Crippen LogP contribution in [0.5, 0.6) is 0 Å². The second-order valence-corrected chi connectivity index (χ2v) is 6.40. The molecular weight excluding hydrogens is 326 g/mol. The number of rotatable bonds is 5. The van der Waals surface area contributed by atoms with Crippen molar-refractivity contribution in [2.24, 2.45) is 5.41 Å². The van der Waals surface area contributed by atoms with E-state index in [4.69, 9.17) is 11.6 Å². The van der Waals surface area contributed by atoms with Crippen LogP contribution in [0.4, 0.5) is 5.69 Å². The zero-order chi connectivity index (χ0) is 17.7. The molecule has 2 rings (SSSR count). The minimum atomic E-state index is -1.23. The Bertz CT molecular complexity index is 745. The number of amides is 2. The Hall–Kier alpha value is -2.40. The smallest absolute Gasteiger partial charge is 0.239 e. The zero-order valence-electron chi connectivity index (χ0n) is 13.9. The van der Waals surface area contributed by atoms with Crippen molar-refractivity contribution in [3.63, 3.8) is 0 Å². The second-order valence-electron chi connectivity index (χ2n) is 6.00. The molecule has 0 spiro atoms. The van der Waals surface area contributed by atoms with Gasteiger partial charge in [0.2, 0.25) is 11.8 Å². The molecule has 0 aliphatic carbocycles. The SMILES string of the molecule is Cc1c(Cl)cccc1NC(=O)C(C)(C)C(=O)NCc1ccccn1. The molecule has 2 aromatic rings. The summed E-state index contributed by atoms with van der Waals surface area (Å²) in [6.07, 6.45) is 1.65. The summed E-state index contributed by atoms with van der Waals surface area (Å²) in [5.41, 5.74) is 0.854. The van der Waals surface area contributed by atoms with E-state index in [0.29, 0.717) is 10.7 Å². The number of aromatic nitrogens is 1. The first-order valence-electron chi connectivity index (χ1n) is 7.57. The number of nitrogens with zero attached hydrogens (tertiary/aromatic N) is 1. The van der Waals surface area contributed by atoms with E-state index in [-0.39, 0.29) is 12.5 Å². The van der Waals surface area contributed by atoms with Crippen LogP contribution in [-0.2, 0) is 16.1 Å². The van der Waals surface area contributed by atoms with Crippen molar-refractivity contribution >= 4 is 29.1 Å². The Morgan fingerprint density at radius 3 is 2.54 bits per heavy atom. The van der Waals surface area contributed by atoms with E-state index >= 15 is 0 Å². The highest BCUT2D eigenvalue weighted by Gasteiger charge is 2.36. The number of nitrogens with one attached hydrogen (secondary N) is 2. The first-order chi connectivity index (χ1) is 11.3. The van der Waals surface area contributed by atoms with E-state index in [1.807, 2.05) is 19.1 Å². The van der Waals surface area contributed by atoms with Crippen molar-refractivity contribution in [3.8, 4) is 0 Å². The summed E-state index contributed by atoms with van der Waals surface area (Å²) in [5.74, 6) is -0.767. The highest BCUT2D eigenvalue weighted by Crippen LogP contribution is 2.25. The highest BCUT2D eigenvalue weighted by atomic mass is 35.5. The summed E-state index contributed by atoms with van der Waals surface area (Å²) in [4.78, 5) is 29.1. The van der Waals surface area contributed by atoms with Crippen molar-refractivity contribution in [2.45, 2.75) is 27.3 Å². The van der Waals surface area contributed by atoms with Crippen LogP contribution in [0.1, 0.15) is 25.1 Å². The first kappa shape index (κ1) is 17.9. The number of anilines is 1. The lowest BCUT2D eigenvalue weighted by Gasteiger charge is -2.23. The summed E-state index contributed by atoms with van der Waals surface area (Å²) in [6.45, 7) is 5.24. The summed E-state index contributed by atoms with van der Waals surface area (Å²) in [6, 6.07) is 10.7. The minimum absolute atomic E-state index is 0.270. The van der Waals surface area contributed by atoms with Crippen LogP contribution < -0.4 is 10.6 Å². The molecule has 0 fully saturated rings. The predicted molar refractivity (Wildman–Crippen MR) is 94.7 cm³/mol. The van der Waals surface area contributed by atoms with Gasteiger partial charge in [0.15, 0.2) is 0 Å². The minimum Gasteiger partial charge on any atom is -0.350 e. The van der Waals surface area contributed by atoms with Gasteiger partial charge in [-0.3, -0.25) is 14.6 Å². The van der Waals surface area contributed by atoms with Crippen molar-refractivity contribution in [2.75, 3.05) is 5.32 Å². The molecule has 1 heterocycles. The summed E-state index contributed by atoms with van der Waals surface area (Å²) in [7, 11) is 0. The number of carbonyl (C=O) groups is 2. The number of carbonyl (C=O) groups excluding carboxylic acids is 2. The molecule has 6 heteroatoms. The molecule has 0 unspecified atom stereocenters. The van der Waals surface area contributed by atoms with Crippen LogP contribution in [0.3, 0.4) is 0 Å². The van der Waals surface area contributed by atoms with Gasteiger partial charge in [-0.05, 0) is 50.6 Å². The van der Waals surface area contributed by atoms with Crippen molar-refractivity contribution in [1.29, 1.82) is 0 Å². The van der Waals surface area contributed by atoms with Gasteiger partial charge in [-0.1, -0.05) is 23.7 Å². The standard InChI is InChI=1S/C18H20ClN3O2/c1-12-14(19)8-6-9-15(12)22-17(24)18(2,3)16(23)21-11-13-7-4-5-10-20-13/h4-10H,11H2,1-3H3,(H,21,23)(H,22,24). The Balaban J connectivity index is 2.03. The maximum absolute atomic E-state index is 12.5. The molecule has 0 saturated carbocycles. The zero-order valence-corrected chi connectivity index (χ0v) is 14.6. The summed E-state index contributed by atoms with van der Waals surface area (Å²) in [5, 5.41) is 6.07. The highest BCUT2D eigenvalue weighted by molar-refractivity contribution is 6.31. The monoisotopic (exact) mass is 345 g/mol. The van der Waals surface area contributed by atoms with Crippen LogP contribution in [0.25, 0.3) is 0 Å². The summed E-state index contributed by atoms with van der Waals surface area (Å²) >= 11 is 6.05. The van der Waals surface area contributed by atoms with Gasteiger partial charge in [0.05, 0.1) is 12.2 Å².